The van der Waals surface area contributed by atoms with E-state index in [0.717, 1.165) is 59.9 Å². The fraction of sp³-hybridized carbons (Fsp3) is 0.292. The summed E-state index contributed by atoms with van der Waals surface area (Å²) in [7, 11) is 1.93. The first-order valence-corrected chi connectivity index (χ1v) is 10.4. The lowest BCUT2D eigenvalue weighted by Gasteiger charge is -2.36. The molecule has 1 N–H and O–H groups in total. The van der Waals surface area contributed by atoms with Crippen LogP contribution in [0.25, 0.3) is 22.3 Å². The number of aliphatic hydroxyl groups excluding tert-OH is 1. The molecule has 0 spiro atoms. The molecule has 6 heteroatoms. The van der Waals surface area contributed by atoms with E-state index >= 15 is 0 Å². The molecule has 5 rings (SSSR count). The number of piperidine rings is 1. The zero-order chi connectivity index (χ0) is 20.5. The van der Waals surface area contributed by atoms with Crippen molar-refractivity contribution in [3.05, 3.63) is 72.8 Å². The van der Waals surface area contributed by atoms with Crippen LogP contribution < -0.4 is 4.90 Å². The van der Waals surface area contributed by atoms with Crippen molar-refractivity contribution in [1.29, 1.82) is 0 Å². The highest BCUT2D eigenvalue weighted by Gasteiger charge is 2.30. The largest absolute Gasteiger partial charge is 0.385 e. The second kappa shape index (κ2) is 7.88. The van der Waals surface area contributed by atoms with Gasteiger partial charge in [-0.05, 0) is 25.0 Å². The first-order valence-electron chi connectivity index (χ1n) is 10.4. The number of nitrogens with zero attached hydrogens (tertiary/aromatic N) is 5. The Balaban J connectivity index is 1.52. The molecular weight excluding hydrogens is 374 g/mol. The van der Waals surface area contributed by atoms with Crippen LogP contribution >= 0.6 is 0 Å². The second-order valence-electron chi connectivity index (χ2n) is 7.94. The van der Waals surface area contributed by atoms with Gasteiger partial charge in [-0.15, -0.1) is 0 Å². The highest BCUT2D eigenvalue weighted by Crippen LogP contribution is 2.34. The van der Waals surface area contributed by atoms with E-state index in [9.17, 15) is 5.11 Å². The summed E-state index contributed by atoms with van der Waals surface area (Å²) >= 11 is 0. The molecule has 2 aromatic carbocycles. The molecular formula is C24H25N5O. The third kappa shape index (κ3) is 3.44. The Hall–Kier alpha value is -3.25. The van der Waals surface area contributed by atoms with Crippen LogP contribution in [-0.4, -0.2) is 37.7 Å². The lowest BCUT2D eigenvalue weighted by atomic mass is 9.91. The van der Waals surface area contributed by atoms with E-state index in [1.807, 2.05) is 66.3 Å². The van der Waals surface area contributed by atoms with Crippen LogP contribution in [0.2, 0.25) is 0 Å². The van der Waals surface area contributed by atoms with Gasteiger partial charge in [0.2, 0.25) is 0 Å². The zero-order valence-electron chi connectivity index (χ0n) is 17.0. The molecule has 3 heterocycles. The van der Waals surface area contributed by atoms with Gasteiger partial charge in [0.25, 0.3) is 0 Å². The standard InChI is InChI=1S/C24H25N5O/c1-28-15-13-25-24(28)21(30)18-10-7-14-29(16-18)23-19-11-5-6-12-20(19)26-22(27-23)17-8-3-2-4-9-17/h2-6,8-9,11-13,15,18,21,30H,7,10,14,16H2,1H3. The fourth-order valence-electron chi connectivity index (χ4n) is 4.35. The zero-order valence-corrected chi connectivity index (χ0v) is 17.0. The number of hydrogen-bond donors (Lipinski definition) is 1. The Kier molecular flexibility index (Phi) is 4.93. The molecule has 30 heavy (non-hydrogen) atoms. The number of aryl methyl sites for hydroxylation is 1. The van der Waals surface area contributed by atoms with Crippen molar-refractivity contribution in [2.24, 2.45) is 13.0 Å². The van der Waals surface area contributed by atoms with E-state index in [1.165, 1.54) is 0 Å². The van der Waals surface area contributed by atoms with Crippen molar-refractivity contribution in [2.75, 3.05) is 18.0 Å². The Labute approximate surface area is 175 Å². The number of imidazole rings is 1. The monoisotopic (exact) mass is 399 g/mol. The van der Waals surface area contributed by atoms with E-state index in [0.29, 0.717) is 0 Å². The van der Waals surface area contributed by atoms with Gasteiger partial charge in [-0.2, -0.15) is 0 Å². The number of hydrogen-bond acceptors (Lipinski definition) is 5. The summed E-state index contributed by atoms with van der Waals surface area (Å²) in [6.45, 7) is 1.66. The van der Waals surface area contributed by atoms with Crippen LogP contribution in [0.4, 0.5) is 5.82 Å². The SMILES string of the molecule is Cn1ccnc1C(O)C1CCCN(c2nc(-c3ccccc3)nc3ccccc23)C1. The van der Waals surface area contributed by atoms with Crippen LogP contribution in [0.5, 0.6) is 0 Å². The van der Waals surface area contributed by atoms with Gasteiger partial charge in [0.05, 0.1) is 5.52 Å². The highest BCUT2D eigenvalue weighted by atomic mass is 16.3. The Morgan fingerprint density at radius 3 is 2.63 bits per heavy atom. The molecule has 0 saturated carbocycles. The average Bonchev–Trinajstić information content (AvgIpc) is 3.24. The summed E-state index contributed by atoms with van der Waals surface area (Å²) in [5.41, 5.74) is 1.94. The predicted molar refractivity (Wildman–Crippen MR) is 118 cm³/mol. The maximum absolute atomic E-state index is 11.0. The summed E-state index contributed by atoms with van der Waals surface area (Å²) in [5.74, 6) is 2.50. The van der Waals surface area contributed by atoms with Crippen LogP contribution in [0.1, 0.15) is 24.8 Å². The van der Waals surface area contributed by atoms with Crippen LogP contribution in [0.3, 0.4) is 0 Å². The Morgan fingerprint density at radius 1 is 1.03 bits per heavy atom. The third-order valence-electron chi connectivity index (χ3n) is 5.94. The Morgan fingerprint density at radius 2 is 1.83 bits per heavy atom. The summed E-state index contributed by atoms with van der Waals surface area (Å²) in [6, 6.07) is 18.3. The van der Waals surface area contributed by atoms with Crippen LogP contribution in [0, 0.1) is 5.92 Å². The Bertz CT molecular complexity index is 1160. The molecule has 1 saturated heterocycles. The first kappa shape index (κ1) is 18.8. The van der Waals surface area contributed by atoms with Crippen molar-refractivity contribution in [2.45, 2.75) is 18.9 Å². The van der Waals surface area contributed by atoms with Crippen molar-refractivity contribution in [3.8, 4) is 11.4 Å². The van der Waals surface area contributed by atoms with Crippen molar-refractivity contribution in [1.82, 2.24) is 19.5 Å². The molecule has 2 unspecified atom stereocenters. The molecule has 4 aromatic rings. The second-order valence-corrected chi connectivity index (χ2v) is 7.94. The molecule has 1 fully saturated rings. The summed E-state index contributed by atoms with van der Waals surface area (Å²) in [5, 5.41) is 12.0. The van der Waals surface area contributed by atoms with Gasteiger partial charge in [0.15, 0.2) is 5.82 Å². The van der Waals surface area contributed by atoms with Crippen LogP contribution in [0.15, 0.2) is 67.0 Å². The van der Waals surface area contributed by atoms with Crippen LogP contribution in [-0.2, 0) is 7.05 Å². The number of para-hydroxylation sites is 1. The topological polar surface area (TPSA) is 67.1 Å². The number of benzene rings is 2. The normalized spacial score (nSPS) is 17.9. The average molecular weight is 399 g/mol. The van der Waals surface area contributed by atoms with E-state index in [-0.39, 0.29) is 5.92 Å². The van der Waals surface area contributed by atoms with E-state index in [4.69, 9.17) is 9.97 Å². The van der Waals surface area contributed by atoms with E-state index in [1.54, 1.807) is 6.20 Å². The maximum atomic E-state index is 11.0. The minimum absolute atomic E-state index is 0.105. The molecule has 2 atom stereocenters. The molecule has 0 amide bonds. The molecule has 2 aromatic heterocycles. The lowest BCUT2D eigenvalue weighted by Crippen LogP contribution is -2.39. The number of anilines is 1. The molecule has 1 aliphatic heterocycles. The number of aromatic nitrogens is 4. The molecule has 0 aliphatic carbocycles. The van der Waals surface area contributed by atoms with Gasteiger partial charge in [0, 0.05) is 49.4 Å². The van der Waals surface area contributed by atoms with Gasteiger partial charge in [-0.1, -0.05) is 42.5 Å². The smallest absolute Gasteiger partial charge is 0.162 e. The molecule has 1 aliphatic rings. The van der Waals surface area contributed by atoms with Crippen molar-refractivity contribution >= 4 is 16.7 Å². The highest BCUT2D eigenvalue weighted by molar-refractivity contribution is 5.91. The lowest BCUT2D eigenvalue weighted by molar-refractivity contribution is 0.0874. The first-order chi connectivity index (χ1) is 14.7. The summed E-state index contributed by atoms with van der Waals surface area (Å²) in [4.78, 5) is 16.5. The maximum Gasteiger partial charge on any atom is 0.162 e. The molecule has 6 nitrogen and oxygen atoms in total. The molecule has 152 valence electrons. The van der Waals surface area contributed by atoms with Gasteiger partial charge in [-0.3, -0.25) is 0 Å². The number of fused-ring (bicyclic) bond motifs is 1. The molecule has 0 radical (unpaired) electrons. The van der Waals surface area contributed by atoms with Crippen molar-refractivity contribution in [3.63, 3.8) is 0 Å². The van der Waals surface area contributed by atoms with Gasteiger partial charge < -0.3 is 14.6 Å². The summed E-state index contributed by atoms with van der Waals surface area (Å²) in [6.07, 6.45) is 5.01. The number of aliphatic hydroxyl groups is 1. The van der Waals surface area contributed by atoms with E-state index in [2.05, 4.69) is 16.0 Å². The predicted octanol–water partition coefficient (Wildman–Crippen LogP) is 3.98. The summed E-state index contributed by atoms with van der Waals surface area (Å²) < 4.78 is 1.90. The third-order valence-corrected chi connectivity index (χ3v) is 5.94. The minimum Gasteiger partial charge on any atom is -0.385 e. The quantitative estimate of drug-likeness (QED) is 0.562. The van der Waals surface area contributed by atoms with Crippen molar-refractivity contribution < 1.29 is 5.11 Å². The van der Waals surface area contributed by atoms with Gasteiger partial charge in [0.1, 0.15) is 17.7 Å². The fourth-order valence-corrected chi connectivity index (χ4v) is 4.35. The van der Waals surface area contributed by atoms with Gasteiger partial charge in [-0.25, -0.2) is 15.0 Å². The van der Waals surface area contributed by atoms with E-state index < -0.39 is 6.10 Å². The molecule has 0 bridgehead atoms. The minimum atomic E-state index is -0.588. The number of rotatable bonds is 4. The van der Waals surface area contributed by atoms with Gasteiger partial charge >= 0.3 is 0 Å².